The number of carbonyl (C=O) groups excluding carboxylic acids is 2. The van der Waals surface area contributed by atoms with Crippen molar-refractivity contribution in [1.82, 2.24) is 15.5 Å². The molecule has 5 heteroatoms. The summed E-state index contributed by atoms with van der Waals surface area (Å²) in [4.78, 5) is 25.3. The third-order valence-electron chi connectivity index (χ3n) is 3.63. The number of urea groups is 1. The number of rotatable bonds is 0. The first-order valence-corrected chi connectivity index (χ1v) is 5.20. The SMILES string of the molecule is CN1CCC2(NC(=O)NC2=O)C(C)(C)C1. The van der Waals surface area contributed by atoms with E-state index in [1.807, 2.05) is 20.9 Å². The molecule has 0 aromatic rings. The molecule has 2 aliphatic heterocycles. The van der Waals surface area contributed by atoms with Crippen LogP contribution in [0.15, 0.2) is 0 Å². The number of hydrogen-bond acceptors (Lipinski definition) is 3. The summed E-state index contributed by atoms with van der Waals surface area (Å²) in [5.41, 5.74) is -0.952. The van der Waals surface area contributed by atoms with E-state index in [2.05, 4.69) is 15.5 Å². The van der Waals surface area contributed by atoms with Crippen LogP contribution in [0.4, 0.5) is 4.79 Å². The first-order chi connectivity index (χ1) is 6.87. The molecule has 84 valence electrons. The highest BCUT2D eigenvalue weighted by Gasteiger charge is 2.57. The number of likely N-dealkylation sites (tertiary alicyclic amines) is 1. The van der Waals surface area contributed by atoms with Gasteiger partial charge in [0.15, 0.2) is 0 Å². The van der Waals surface area contributed by atoms with Crippen LogP contribution in [0.25, 0.3) is 0 Å². The molecule has 0 aromatic carbocycles. The number of hydrogen-bond donors (Lipinski definition) is 2. The van der Waals surface area contributed by atoms with Crippen LogP contribution in [0.5, 0.6) is 0 Å². The third-order valence-corrected chi connectivity index (χ3v) is 3.63. The van der Waals surface area contributed by atoms with Gasteiger partial charge in [0.2, 0.25) is 0 Å². The quantitative estimate of drug-likeness (QED) is 0.551. The molecule has 0 bridgehead atoms. The minimum absolute atomic E-state index is 0.175. The number of nitrogens with one attached hydrogen (secondary N) is 2. The fourth-order valence-electron chi connectivity index (χ4n) is 2.73. The molecule has 3 amide bonds. The fourth-order valence-corrected chi connectivity index (χ4v) is 2.73. The van der Waals surface area contributed by atoms with E-state index < -0.39 is 5.54 Å². The van der Waals surface area contributed by atoms with Crippen LogP contribution in [-0.4, -0.2) is 42.5 Å². The van der Waals surface area contributed by atoms with Gasteiger partial charge < -0.3 is 10.2 Å². The molecule has 5 nitrogen and oxygen atoms in total. The maximum Gasteiger partial charge on any atom is 0.322 e. The Morgan fingerprint density at radius 2 is 2.00 bits per heavy atom. The standard InChI is InChI=1S/C10H17N3O2/c1-9(2)6-13(3)5-4-10(9)7(14)11-8(15)12-10/h4-6H2,1-3H3,(H2,11,12,14,15). The molecular weight excluding hydrogens is 194 g/mol. The average Bonchev–Trinajstić information content (AvgIpc) is 2.36. The van der Waals surface area contributed by atoms with Crippen LogP contribution in [-0.2, 0) is 4.79 Å². The van der Waals surface area contributed by atoms with Gasteiger partial charge in [-0.3, -0.25) is 10.1 Å². The van der Waals surface area contributed by atoms with E-state index in [0.717, 1.165) is 13.1 Å². The Balaban J connectivity index is 2.35. The van der Waals surface area contributed by atoms with Crippen molar-refractivity contribution in [2.24, 2.45) is 5.41 Å². The fraction of sp³-hybridized carbons (Fsp3) is 0.800. The Kier molecular flexibility index (Phi) is 2.05. The molecule has 2 N–H and O–H groups in total. The number of piperidine rings is 1. The molecule has 2 aliphatic rings. The van der Waals surface area contributed by atoms with Crippen LogP contribution in [0.1, 0.15) is 20.3 Å². The summed E-state index contributed by atoms with van der Waals surface area (Å²) >= 11 is 0. The van der Waals surface area contributed by atoms with E-state index >= 15 is 0 Å². The highest BCUT2D eigenvalue weighted by molar-refractivity contribution is 6.07. The maximum absolute atomic E-state index is 11.9. The van der Waals surface area contributed by atoms with Crippen molar-refractivity contribution in [2.45, 2.75) is 25.8 Å². The van der Waals surface area contributed by atoms with Crippen LogP contribution in [0, 0.1) is 5.41 Å². The first-order valence-electron chi connectivity index (χ1n) is 5.20. The van der Waals surface area contributed by atoms with Crippen molar-refractivity contribution < 1.29 is 9.59 Å². The maximum atomic E-state index is 11.9. The van der Waals surface area contributed by atoms with Crippen molar-refractivity contribution >= 4 is 11.9 Å². The lowest BCUT2D eigenvalue weighted by Gasteiger charge is -2.48. The van der Waals surface area contributed by atoms with Crippen LogP contribution >= 0.6 is 0 Å². The summed E-state index contributed by atoms with van der Waals surface area (Å²) in [7, 11) is 2.03. The molecule has 0 aliphatic carbocycles. The highest BCUT2D eigenvalue weighted by atomic mass is 16.2. The van der Waals surface area contributed by atoms with E-state index in [4.69, 9.17) is 0 Å². The van der Waals surface area contributed by atoms with Crippen molar-refractivity contribution in [3.05, 3.63) is 0 Å². The summed E-state index contributed by atoms with van der Waals surface area (Å²) in [5, 5.41) is 5.14. The van der Waals surface area contributed by atoms with Crippen molar-refractivity contribution in [3.63, 3.8) is 0 Å². The van der Waals surface area contributed by atoms with E-state index in [1.165, 1.54) is 0 Å². The van der Waals surface area contributed by atoms with Gasteiger partial charge in [-0.25, -0.2) is 4.79 Å². The normalized spacial score (nSPS) is 35.4. The number of amides is 3. The molecular formula is C10H17N3O2. The van der Waals surface area contributed by atoms with E-state index in [-0.39, 0.29) is 17.4 Å². The Morgan fingerprint density at radius 1 is 1.33 bits per heavy atom. The van der Waals surface area contributed by atoms with Crippen LogP contribution < -0.4 is 10.6 Å². The number of nitrogens with zero attached hydrogens (tertiary/aromatic N) is 1. The van der Waals surface area contributed by atoms with Gasteiger partial charge in [0.05, 0.1) is 0 Å². The predicted octanol–water partition coefficient (Wildman–Crippen LogP) is -0.0737. The second-order valence-electron chi connectivity index (χ2n) is 5.19. The predicted molar refractivity (Wildman–Crippen MR) is 55.3 cm³/mol. The minimum atomic E-state index is -0.712. The summed E-state index contributed by atoms with van der Waals surface area (Å²) in [6.07, 6.45) is 0.675. The Hall–Kier alpha value is -1.10. The van der Waals surface area contributed by atoms with Gasteiger partial charge in [-0.1, -0.05) is 13.8 Å². The van der Waals surface area contributed by atoms with Gasteiger partial charge in [0, 0.05) is 18.5 Å². The summed E-state index contributed by atoms with van der Waals surface area (Å²) in [6.45, 7) is 5.68. The third kappa shape index (κ3) is 1.33. The van der Waals surface area contributed by atoms with Crippen LogP contribution in [0.2, 0.25) is 0 Å². The molecule has 2 saturated heterocycles. The van der Waals surface area contributed by atoms with Crippen LogP contribution in [0.3, 0.4) is 0 Å². The van der Waals surface area contributed by atoms with E-state index in [9.17, 15) is 9.59 Å². The number of carbonyl (C=O) groups is 2. The van der Waals surface area contributed by atoms with Gasteiger partial charge in [0.25, 0.3) is 5.91 Å². The largest absolute Gasteiger partial charge is 0.323 e. The second kappa shape index (κ2) is 2.95. The number of imide groups is 1. The summed E-state index contributed by atoms with van der Waals surface area (Å²) < 4.78 is 0. The lowest BCUT2D eigenvalue weighted by atomic mass is 9.67. The summed E-state index contributed by atoms with van der Waals surface area (Å²) in [5.74, 6) is -0.175. The lowest BCUT2D eigenvalue weighted by molar-refractivity contribution is -0.131. The van der Waals surface area contributed by atoms with Gasteiger partial charge in [-0.15, -0.1) is 0 Å². The summed E-state index contributed by atoms with van der Waals surface area (Å²) in [6, 6.07) is -0.363. The van der Waals surface area contributed by atoms with Crippen molar-refractivity contribution in [3.8, 4) is 0 Å². The molecule has 1 unspecified atom stereocenters. The molecule has 2 heterocycles. The average molecular weight is 211 g/mol. The Labute approximate surface area is 89.2 Å². The molecule has 0 saturated carbocycles. The zero-order valence-corrected chi connectivity index (χ0v) is 9.39. The Morgan fingerprint density at radius 3 is 2.47 bits per heavy atom. The molecule has 0 aromatic heterocycles. The van der Waals surface area contributed by atoms with Gasteiger partial charge >= 0.3 is 6.03 Å². The highest BCUT2D eigenvalue weighted by Crippen LogP contribution is 2.39. The monoisotopic (exact) mass is 211 g/mol. The smallest absolute Gasteiger partial charge is 0.322 e. The van der Waals surface area contributed by atoms with Crippen molar-refractivity contribution in [2.75, 3.05) is 20.1 Å². The van der Waals surface area contributed by atoms with E-state index in [0.29, 0.717) is 6.42 Å². The molecule has 15 heavy (non-hydrogen) atoms. The zero-order chi connectivity index (χ0) is 11.3. The molecule has 0 radical (unpaired) electrons. The molecule has 2 fully saturated rings. The lowest BCUT2D eigenvalue weighted by Crippen LogP contribution is -2.65. The molecule has 2 rings (SSSR count). The second-order valence-corrected chi connectivity index (χ2v) is 5.19. The molecule has 1 atom stereocenters. The molecule has 1 spiro atoms. The Bertz CT molecular complexity index is 327. The first kappa shape index (κ1) is 10.4. The van der Waals surface area contributed by atoms with Crippen molar-refractivity contribution in [1.29, 1.82) is 0 Å². The van der Waals surface area contributed by atoms with Gasteiger partial charge in [-0.2, -0.15) is 0 Å². The zero-order valence-electron chi connectivity index (χ0n) is 9.39. The van der Waals surface area contributed by atoms with E-state index in [1.54, 1.807) is 0 Å². The minimum Gasteiger partial charge on any atom is -0.323 e. The van der Waals surface area contributed by atoms with Gasteiger partial charge in [0.1, 0.15) is 5.54 Å². The topological polar surface area (TPSA) is 61.4 Å². The van der Waals surface area contributed by atoms with Gasteiger partial charge in [-0.05, 0) is 13.5 Å².